The molecule has 4 aromatic rings. The lowest BCUT2D eigenvalue weighted by Gasteiger charge is -2.15. The third-order valence-corrected chi connectivity index (χ3v) is 7.11. The number of fused-ring (bicyclic) bond motifs is 1. The van der Waals surface area contributed by atoms with Crippen molar-refractivity contribution in [1.29, 1.82) is 0 Å². The second-order valence-corrected chi connectivity index (χ2v) is 10.0. The van der Waals surface area contributed by atoms with Crippen molar-refractivity contribution in [3.05, 3.63) is 118 Å². The SMILES string of the molecule is O=C(NN1C(=O)/C(=C\c2c(OCc3ccc(Cl)cc3)ccc3ccccc23)SC1=S)c1ccccc1. The van der Waals surface area contributed by atoms with Gasteiger partial charge in [-0.25, -0.2) is 0 Å². The van der Waals surface area contributed by atoms with E-state index in [1.807, 2.05) is 66.7 Å². The first kappa shape index (κ1) is 24.1. The van der Waals surface area contributed by atoms with Crippen molar-refractivity contribution in [2.45, 2.75) is 6.61 Å². The van der Waals surface area contributed by atoms with Gasteiger partial charge in [-0.15, -0.1) is 0 Å². The molecule has 1 saturated heterocycles. The summed E-state index contributed by atoms with van der Waals surface area (Å²) in [6.45, 7) is 0.338. The number of rotatable bonds is 6. The fraction of sp³-hybridized carbons (Fsp3) is 0.0357. The second-order valence-electron chi connectivity index (χ2n) is 7.94. The number of nitrogens with zero attached hydrogens (tertiary/aromatic N) is 1. The van der Waals surface area contributed by atoms with Gasteiger partial charge >= 0.3 is 0 Å². The number of ether oxygens (including phenoxy) is 1. The molecular formula is C28H19ClN2O3S2. The monoisotopic (exact) mass is 530 g/mol. The summed E-state index contributed by atoms with van der Waals surface area (Å²) in [6, 6.07) is 27.9. The Bertz CT molecular complexity index is 1500. The molecule has 5 rings (SSSR count). The number of nitrogens with one attached hydrogen (secondary N) is 1. The summed E-state index contributed by atoms with van der Waals surface area (Å²) in [7, 11) is 0. The molecule has 0 saturated carbocycles. The van der Waals surface area contributed by atoms with Gasteiger partial charge in [-0.2, -0.15) is 5.01 Å². The first-order valence-electron chi connectivity index (χ1n) is 11.0. The first-order valence-corrected chi connectivity index (χ1v) is 12.6. The van der Waals surface area contributed by atoms with Gasteiger partial charge in [-0.05, 0) is 65.0 Å². The van der Waals surface area contributed by atoms with Crippen LogP contribution in [0.5, 0.6) is 5.75 Å². The van der Waals surface area contributed by atoms with Crippen molar-refractivity contribution in [3.8, 4) is 5.75 Å². The highest BCUT2D eigenvalue weighted by atomic mass is 35.5. The zero-order valence-electron chi connectivity index (χ0n) is 18.8. The van der Waals surface area contributed by atoms with Crippen LogP contribution in [0, 0.1) is 0 Å². The Hall–Kier alpha value is -3.65. The predicted molar refractivity (Wildman–Crippen MR) is 149 cm³/mol. The van der Waals surface area contributed by atoms with Crippen molar-refractivity contribution in [2.24, 2.45) is 0 Å². The number of carbonyl (C=O) groups is 2. The summed E-state index contributed by atoms with van der Waals surface area (Å²) in [5.41, 5.74) is 4.77. The predicted octanol–water partition coefficient (Wildman–Crippen LogP) is 6.62. The van der Waals surface area contributed by atoms with E-state index in [2.05, 4.69) is 5.43 Å². The zero-order valence-corrected chi connectivity index (χ0v) is 21.2. The average molecular weight is 531 g/mol. The van der Waals surface area contributed by atoms with Gasteiger partial charge in [0.2, 0.25) is 0 Å². The molecule has 0 atom stereocenters. The van der Waals surface area contributed by atoms with E-state index in [1.165, 1.54) is 0 Å². The van der Waals surface area contributed by atoms with E-state index in [0.29, 0.717) is 27.8 Å². The van der Waals surface area contributed by atoms with Gasteiger partial charge in [-0.3, -0.25) is 15.0 Å². The Kier molecular flexibility index (Phi) is 7.04. The normalized spacial score (nSPS) is 14.5. The van der Waals surface area contributed by atoms with Gasteiger partial charge in [0.1, 0.15) is 12.4 Å². The molecule has 178 valence electrons. The van der Waals surface area contributed by atoms with E-state index in [4.69, 9.17) is 28.6 Å². The van der Waals surface area contributed by atoms with E-state index >= 15 is 0 Å². The van der Waals surface area contributed by atoms with E-state index in [1.54, 1.807) is 30.3 Å². The molecule has 4 aromatic carbocycles. The standard InChI is InChI=1S/C28H19ClN2O3S2/c29-21-13-10-18(11-14-21)17-34-24-15-12-19-6-4-5-9-22(19)23(24)16-25-27(33)31(28(35)36-25)30-26(32)20-7-2-1-3-8-20/h1-16H,17H2,(H,30,32)/b25-16+. The summed E-state index contributed by atoms with van der Waals surface area (Å²) in [6.07, 6.45) is 1.77. The summed E-state index contributed by atoms with van der Waals surface area (Å²) in [4.78, 5) is 26.2. The molecule has 0 aliphatic carbocycles. The van der Waals surface area contributed by atoms with Crippen LogP contribution in [0.25, 0.3) is 16.8 Å². The van der Waals surface area contributed by atoms with Crippen LogP contribution in [0.1, 0.15) is 21.5 Å². The van der Waals surface area contributed by atoms with Gasteiger partial charge < -0.3 is 4.74 Å². The number of thioether (sulfide) groups is 1. The lowest BCUT2D eigenvalue weighted by Crippen LogP contribution is -2.44. The highest BCUT2D eigenvalue weighted by Gasteiger charge is 2.34. The second kappa shape index (κ2) is 10.5. The largest absolute Gasteiger partial charge is 0.488 e. The van der Waals surface area contributed by atoms with Crippen molar-refractivity contribution >= 4 is 68.6 Å². The van der Waals surface area contributed by atoms with Crippen LogP contribution in [-0.2, 0) is 11.4 Å². The molecule has 1 aliphatic rings. The highest BCUT2D eigenvalue weighted by Crippen LogP contribution is 2.36. The molecule has 0 spiro atoms. The quantitative estimate of drug-likeness (QED) is 0.224. The minimum atomic E-state index is -0.412. The van der Waals surface area contributed by atoms with E-state index in [0.717, 1.165) is 38.7 Å². The lowest BCUT2D eigenvalue weighted by atomic mass is 10.0. The molecule has 2 amide bonds. The number of halogens is 1. The van der Waals surface area contributed by atoms with E-state index in [9.17, 15) is 9.59 Å². The minimum absolute atomic E-state index is 0.249. The third-order valence-electron chi connectivity index (χ3n) is 5.56. The number of hydrogen-bond acceptors (Lipinski definition) is 5. The summed E-state index contributed by atoms with van der Waals surface area (Å²) < 4.78 is 6.42. The maximum Gasteiger partial charge on any atom is 0.285 e. The minimum Gasteiger partial charge on any atom is -0.488 e. The van der Waals surface area contributed by atoms with E-state index in [-0.39, 0.29) is 4.32 Å². The summed E-state index contributed by atoms with van der Waals surface area (Å²) in [5.74, 6) is -0.182. The number of amides is 2. The molecule has 0 unspecified atom stereocenters. The Morgan fingerprint density at radius 2 is 1.69 bits per heavy atom. The van der Waals surface area contributed by atoms with Crippen molar-refractivity contribution < 1.29 is 14.3 Å². The van der Waals surface area contributed by atoms with Gasteiger partial charge in [0.25, 0.3) is 11.8 Å². The zero-order chi connectivity index (χ0) is 25.1. The van der Waals surface area contributed by atoms with Gasteiger partial charge in [0.05, 0.1) is 4.91 Å². The maximum absolute atomic E-state index is 13.2. The Morgan fingerprint density at radius 1 is 0.972 bits per heavy atom. The van der Waals surface area contributed by atoms with Gasteiger partial charge in [0.15, 0.2) is 4.32 Å². The Morgan fingerprint density at radius 3 is 2.47 bits per heavy atom. The van der Waals surface area contributed by atoms with Crippen molar-refractivity contribution in [2.75, 3.05) is 0 Å². The molecular weight excluding hydrogens is 512 g/mol. The molecule has 0 radical (unpaired) electrons. The van der Waals surface area contributed by atoms with Crippen LogP contribution >= 0.6 is 35.6 Å². The van der Waals surface area contributed by atoms with Crippen LogP contribution in [-0.4, -0.2) is 21.1 Å². The Labute approximate surface area is 222 Å². The van der Waals surface area contributed by atoms with Gasteiger partial charge in [0, 0.05) is 16.1 Å². The molecule has 0 bridgehead atoms. The highest BCUT2D eigenvalue weighted by molar-refractivity contribution is 8.26. The van der Waals surface area contributed by atoms with Crippen LogP contribution in [0.15, 0.2) is 95.9 Å². The molecule has 5 nitrogen and oxygen atoms in total. The first-order chi connectivity index (χ1) is 17.5. The van der Waals surface area contributed by atoms with Crippen LogP contribution in [0.2, 0.25) is 5.02 Å². The number of thiocarbonyl (C=S) groups is 1. The van der Waals surface area contributed by atoms with Crippen molar-refractivity contribution in [3.63, 3.8) is 0 Å². The number of hydrazine groups is 1. The molecule has 8 heteroatoms. The number of hydrogen-bond donors (Lipinski definition) is 1. The fourth-order valence-corrected chi connectivity index (χ4v) is 5.03. The molecule has 1 fully saturated rings. The van der Waals surface area contributed by atoms with E-state index < -0.39 is 11.8 Å². The molecule has 0 aromatic heterocycles. The number of benzene rings is 4. The maximum atomic E-state index is 13.2. The van der Waals surface area contributed by atoms with Crippen LogP contribution in [0.3, 0.4) is 0 Å². The van der Waals surface area contributed by atoms with Crippen molar-refractivity contribution in [1.82, 2.24) is 10.4 Å². The smallest absolute Gasteiger partial charge is 0.285 e. The third kappa shape index (κ3) is 5.14. The Balaban J connectivity index is 1.45. The molecule has 1 aliphatic heterocycles. The topological polar surface area (TPSA) is 58.6 Å². The lowest BCUT2D eigenvalue weighted by molar-refractivity contribution is -0.123. The summed E-state index contributed by atoms with van der Waals surface area (Å²) >= 11 is 12.5. The molecule has 36 heavy (non-hydrogen) atoms. The average Bonchev–Trinajstić information content (AvgIpc) is 3.17. The number of carbonyl (C=O) groups excluding carboxylic acids is 2. The van der Waals surface area contributed by atoms with Gasteiger partial charge in [-0.1, -0.05) is 84.0 Å². The summed E-state index contributed by atoms with van der Waals surface area (Å²) in [5, 5.41) is 3.72. The molecule has 1 N–H and O–H groups in total. The van der Waals surface area contributed by atoms with Crippen LogP contribution in [0.4, 0.5) is 0 Å². The molecule has 1 heterocycles. The fourth-order valence-electron chi connectivity index (χ4n) is 3.74. The van der Waals surface area contributed by atoms with Crippen LogP contribution < -0.4 is 10.2 Å².